The fraction of sp³-hybridized carbons (Fsp3) is 0.444. The summed E-state index contributed by atoms with van der Waals surface area (Å²) in [5, 5.41) is 5.64. The smallest absolute Gasteiger partial charge is 0.325 e. The van der Waals surface area contributed by atoms with Gasteiger partial charge in [-0.3, -0.25) is 19.4 Å². The molecule has 4 amide bonds. The predicted molar refractivity (Wildman–Crippen MR) is 131 cm³/mol. The summed E-state index contributed by atoms with van der Waals surface area (Å²) in [6.07, 6.45) is 1.26. The number of hydrogen-bond donors (Lipinski definition) is 2. The van der Waals surface area contributed by atoms with Gasteiger partial charge in [0.2, 0.25) is 5.91 Å². The van der Waals surface area contributed by atoms with Crippen LogP contribution in [0.5, 0.6) is 0 Å². The lowest BCUT2D eigenvalue weighted by Crippen LogP contribution is -2.43. The summed E-state index contributed by atoms with van der Waals surface area (Å²) >= 11 is 0. The van der Waals surface area contributed by atoms with E-state index in [2.05, 4.69) is 35.4 Å². The van der Waals surface area contributed by atoms with Gasteiger partial charge in [-0.1, -0.05) is 68.4 Å². The number of nitrogens with zero attached hydrogens (tertiary/aromatic N) is 2. The Bertz CT molecular complexity index is 1050. The Balaban J connectivity index is 1.37. The standard InChI is InChI=1S/C27H34N4O3/c1-19-13-20(2)16-30(15-19)17-22-10-8-7-9-21(22)14-28-24(32)18-31-25(33)27(3,29-26(31)34)23-11-5-4-6-12-23/h4-12,19-20H,13-18H2,1-3H3,(H,28,32)(H,29,34). The molecule has 2 fully saturated rings. The molecule has 2 aromatic carbocycles. The van der Waals surface area contributed by atoms with Gasteiger partial charge in [0.15, 0.2) is 0 Å². The van der Waals surface area contributed by atoms with Crippen molar-refractivity contribution >= 4 is 17.8 Å². The van der Waals surface area contributed by atoms with Gasteiger partial charge in [-0.2, -0.15) is 0 Å². The molecule has 0 spiro atoms. The van der Waals surface area contributed by atoms with E-state index >= 15 is 0 Å². The maximum absolute atomic E-state index is 13.0. The number of carbonyl (C=O) groups excluding carboxylic acids is 3. The SMILES string of the molecule is CC1CC(C)CN(Cc2ccccc2CNC(=O)CN2C(=O)NC(C)(c3ccccc3)C2=O)C1. The second-order valence-electron chi connectivity index (χ2n) is 10.00. The van der Waals surface area contributed by atoms with Gasteiger partial charge in [0.1, 0.15) is 12.1 Å². The highest BCUT2D eigenvalue weighted by Gasteiger charge is 2.49. The maximum Gasteiger partial charge on any atom is 0.325 e. The number of benzene rings is 2. The zero-order chi connectivity index (χ0) is 24.3. The third-order valence-corrected chi connectivity index (χ3v) is 6.86. The molecule has 7 nitrogen and oxygen atoms in total. The van der Waals surface area contributed by atoms with Crippen molar-refractivity contribution in [3.05, 3.63) is 71.3 Å². The van der Waals surface area contributed by atoms with Gasteiger partial charge in [0.05, 0.1) is 0 Å². The first-order valence-electron chi connectivity index (χ1n) is 12.0. The van der Waals surface area contributed by atoms with E-state index < -0.39 is 17.5 Å². The number of amides is 4. The maximum atomic E-state index is 13.0. The Kier molecular flexibility index (Phi) is 7.03. The molecule has 34 heavy (non-hydrogen) atoms. The minimum Gasteiger partial charge on any atom is -0.350 e. The van der Waals surface area contributed by atoms with Crippen LogP contribution in [0.3, 0.4) is 0 Å². The van der Waals surface area contributed by atoms with Crippen LogP contribution in [0.15, 0.2) is 54.6 Å². The van der Waals surface area contributed by atoms with E-state index in [1.54, 1.807) is 19.1 Å². The van der Waals surface area contributed by atoms with Crippen LogP contribution in [0, 0.1) is 11.8 Å². The number of carbonyl (C=O) groups is 3. The van der Waals surface area contributed by atoms with Gasteiger partial charge in [-0.15, -0.1) is 0 Å². The Labute approximate surface area is 201 Å². The molecule has 0 aliphatic carbocycles. The summed E-state index contributed by atoms with van der Waals surface area (Å²) in [6, 6.07) is 16.6. The molecule has 2 N–H and O–H groups in total. The summed E-state index contributed by atoms with van der Waals surface area (Å²) in [4.78, 5) is 41.7. The van der Waals surface area contributed by atoms with Crippen LogP contribution < -0.4 is 10.6 Å². The highest BCUT2D eigenvalue weighted by molar-refractivity contribution is 6.09. The molecule has 7 heteroatoms. The highest BCUT2D eigenvalue weighted by atomic mass is 16.2. The van der Waals surface area contributed by atoms with E-state index in [1.807, 2.05) is 36.4 Å². The first kappa shape index (κ1) is 24.0. The normalized spacial score (nSPS) is 25.3. The molecule has 2 aliphatic rings. The second-order valence-corrected chi connectivity index (χ2v) is 10.00. The van der Waals surface area contributed by atoms with E-state index in [9.17, 15) is 14.4 Å². The molecule has 3 unspecified atom stereocenters. The van der Waals surface area contributed by atoms with E-state index in [0.717, 1.165) is 30.1 Å². The fourth-order valence-corrected chi connectivity index (χ4v) is 5.25. The summed E-state index contributed by atoms with van der Waals surface area (Å²) in [6.45, 7) is 9.32. The van der Waals surface area contributed by atoms with Crippen LogP contribution in [-0.4, -0.2) is 47.3 Å². The van der Waals surface area contributed by atoms with E-state index in [0.29, 0.717) is 23.9 Å². The highest BCUT2D eigenvalue weighted by Crippen LogP contribution is 2.28. The zero-order valence-electron chi connectivity index (χ0n) is 20.2. The van der Waals surface area contributed by atoms with Crippen LogP contribution in [0.1, 0.15) is 43.9 Å². The lowest BCUT2D eigenvalue weighted by atomic mass is 9.91. The Morgan fingerprint density at radius 1 is 1.00 bits per heavy atom. The van der Waals surface area contributed by atoms with Gasteiger partial charge < -0.3 is 10.6 Å². The fourth-order valence-electron chi connectivity index (χ4n) is 5.25. The number of piperidine rings is 1. The van der Waals surface area contributed by atoms with Crippen LogP contribution in [0.4, 0.5) is 4.79 Å². The average molecular weight is 463 g/mol. The van der Waals surface area contributed by atoms with Crippen LogP contribution in [-0.2, 0) is 28.2 Å². The van der Waals surface area contributed by atoms with Crippen LogP contribution in [0.2, 0.25) is 0 Å². The molecule has 0 aromatic heterocycles. The predicted octanol–water partition coefficient (Wildman–Crippen LogP) is 3.25. The minimum atomic E-state index is -1.17. The Hall–Kier alpha value is -3.19. The third-order valence-electron chi connectivity index (χ3n) is 6.86. The Morgan fingerprint density at radius 2 is 1.62 bits per heavy atom. The van der Waals surface area contributed by atoms with Crippen molar-refractivity contribution in [1.82, 2.24) is 20.4 Å². The monoisotopic (exact) mass is 462 g/mol. The average Bonchev–Trinajstić information content (AvgIpc) is 3.02. The molecule has 2 aromatic rings. The first-order chi connectivity index (χ1) is 16.3. The summed E-state index contributed by atoms with van der Waals surface area (Å²) < 4.78 is 0. The van der Waals surface area contributed by atoms with Gasteiger partial charge >= 0.3 is 6.03 Å². The van der Waals surface area contributed by atoms with Crippen molar-refractivity contribution < 1.29 is 14.4 Å². The van der Waals surface area contributed by atoms with E-state index in [-0.39, 0.29) is 12.5 Å². The van der Waals surface area contributed by atoms with Crippen LogP contribution >= 0.6 is 0 Å². The molecule has 180 valence electrons. The van der Waals surface area contributed by atoms with E-state index in [4.69, 9.17) is 0 Å². The van der Waals surface area contributed by atoms with Crippen molar-refractivity contribution in [3.8, 4) is 0 Å². The minimum absolute atomic E-state index is 0.309. The van der Waals surface area contributed by atoms with Crippen molar-refractivity contribution in [1.29, 1.82) is 0 Å². The summed E-state index contributed by atoms with van der Waals surface area (Å²) in [7, 11) is 0. The van der Waals surface area contributed by atoms with Gasteiger partial charge in [0, 0.05) is 26.2 Å². The molecule has 0 saturated carbocycles. The molecule has 4 rings (SSSR count). The topological polar surface area (TPSA) is 81.8 Å². The molecule has 3 atom stereocenters. The molecule has 0 radical (unpaired) electrons. The lowest BCUT2D eigenvalue weighted by molar-refractivity contribution is -0.134. The molecular weight excluding hydrogens is 428 g/mol. The lowest BCUT2D eigenvalue weighted by Gasteiger charge is -2.35. The number of nitrogens with one attached hydrogen (secondary N) is 2. The number of urea groups is 1. The van der Waals surface area contributed by atoms with Crippen molar-refractivity contribution in [2.45, 2.75) is 45.8 Å². The van der Waals surface area contributed by atoms with Gasteiger partial charge in [-0.05, 0) is 41.9 Å². The summed E-state index contributed by atoms with van der Waals surface area (Å²) in [5.41, 5.74) is 1.75. The quantitative estimate of drug-likeness (QED) is 0.619. The van der Waals surface area contributed by atoms with Gasteiger partial charge in [-0.25, -0.2) is 4.79 Å². The van der Waals surface area contributed by atoms with Crippen molar-refractivity contribution in [2.24, 2.45) is 11.8 Å². The van der Waals surface area contributed by atoms with Crippen LogP contribution in [0.25, 0.3) is 0 Å². The second kappa shape index (κ2) is 9.97. The summed E-state index contributed by atoms with van der Waals surface area (Å²) in [5.74, 6) is 0.575. The number of imide groups is 1. The molecule has 0 bridgehead atoms. The largest absolute Gasteiger partial charge is 0.350 e. The number of rotatable bonds is 7. The van der Waals surface area contributed by atoms with Gasteiger partial charge in [0.25, 0.3) is 5.91 Å². The van der Waals surface area contributed by atoms with Crippen molar-refractivity contribution in [2.75, 3.05) is 19.6 Å². The first-order valence-corrected chi connectivity index (χ1v) is 12.0. The molecular formula is C27H34N4O3. The molecule has 2 heterocycles. The Morgan fingerprint density at radius 3 is 2.29 bits per heavy atom. The zero-order valence-corrected chi connectivity index (χ0v) is 20.2. The molecule has 2 saturated heterocycles. The molecule has 2 aliphatic heterocycles. The van der Waals surface area contributed by atoms with E-state index in [1.165, 1.54) is 12.0 Å². The number of likely N-dealkylation sites (tertiary alicyclic amines) is 1. The number of hydrogen-bond acceptors (Lipinski definition) is 4. The third kappa shape index (κ3) is 5.14. The van der Waals surface area contributed by atoms with Crippen molar-refractivity contribution in [3.63, 3.8) is 0 Å².